The molecule has 14 aromatic rings. The van der Waals surface area contributed by atoms with Gasteiger partial charge in [-0.1, -0.05) is 137 Å². The van der Waals surface area contributed by atoms with Gasteiger partial charge in [0.05, 0.1) is 117 Å². The molecule has 3 fully saturated rings. The van der Waals surface area contributed by atoms with Crippen molar-refractivity contribution in [3.05, 3.63) is 277 Å². The van der Waals surface area contributed by atoms with Crippen molar-refractivity contribution < 1.29 is 57.5 Å². The number of imidazole rings is 3. The molecule has 30 nitrogen and oxygen atoms in total. The van der Waals surface area contributed by atoms with E-state index in [1.54, 1.807) is 107 Å². The van der Waals surface area contributed by atoms with Gasteiger partial charge in [-0.05, 0) is 122 Å². The van der Waals surface area contributed by atoms with Crippen molar-refractivity contribution in [2.75, 3.05) is 141 Å². The zero-order valence-electron chi connectivity index (χ0n) is 66.6. The van der Waals surface area contributed by atoms with Crippen LogP contribution in [0.2, 0.25) is 0 Å². The molecular formula is C89H90Br2N18O12. The van der Waals surface area contributed by atoms with Crippen LogP contribution in [0.25, 0.3) is 50.7 Å². The molecule has 0 spiro atoms. The number of carbonyl (C=O) groups is 5. The topological polar surface area (TPSA) is 376 Å². The number of esters is 3. The van der Waals surface area contributed by atoms with Crippen LogP contribution in [-0.2, 0) is 33.2 Å². The van der Waals surface area contributed by atoms with Gasteiger partial charge in [0, 0.05) is 86.3 Å². The van der Waals surface area contributed by atoms with Crippen LogP contribution in [0.4, 0.5) is 57.4 Å². The summed E-state index contributed by atoms with van der Waals surface area (Å²) in [6.07, 6.45) is 12.2. The minimum absolute atomic E-state index is 0.130. The number of ether oxygens (including phenoxy) is 6. The predicted molar refractivity (Wildman–Crippen MR) is 474 cm³/mol. The number of morpholine rings is 3. The number of nitrogen functional groups attached to an aromatic ring is 3. The lowest BCUT2D eigenvalue weighted by molar-refractivity contribution is -0.141. The van der Waals surface area contributed by atoms with Gasteiger partial charge in [0.1, 0.15) is 40.4 Å². The maximum absolute atomic E-state index is 12.8. The van der Waals surface area contributed by atoms with Crippen molar-refractivity contribution >= 4 is 136 Å². The van der Waals surface area contributed by atoms with Crippen LogP contribution in [-0.4, -0.2) is 186 Å². The van der Waals surface area contributed by atoms with E-state index in [9.17, 15) is 29.1 Å². The van der Waals surface area contributed by atoms with E-state index in [1.807, 2.05) is 176 Å². The van der Waals surface area contributed by atoms with E-state index in [0.717, 1.165) is 121 Å². The minimum Gasteiger partial charge on any atom is -0.476 e. The number of alkyl halides is 1. The maximum Gasteiger partial charge on any atom is 0.357 e. The summed E-state index contributed by atoms with van der Waals surface area (Å²) in [5.41, 5.74) is 28.4. The molecule has 121 heavy (non-hydrogen) atoms. The molecule has 0 bridgehead atoms. The molecule has 13 heterocycles. The number of nitrogens with zero attached hydrogens (tertiary/aromatic N) is 13. The number of hydrogen-bond donors (Lipinski definition) is 6. The number of rotatable bonds is 19. The number of carbonyl (C=O) groups excluding carboxylic acids is 4. The SMILES string of the molecule is CCOC(=O)C(Br)C(=O)c1ccccc1.CCOC(=O)c1c(-c2ccccc2)nc2c(N)cccn12.CCOC(=O)c1c(-c2ccccc2)nc2c(Nc3ccc(N4CCOCC4)nc3)cccn12.Nc1ccc(N2CCOCC2)nc1.Nc1ncccc1Br.O=C(O)c1c(-c2ccccc2)nc2c(Nc3ccc(N4CCOCC4)nc3)cccn12. The molecule has 10 aromatic heterocycles. The fraction of sp³-hybridized carbons (Fsp3) is 0.213. The largest absolute Gasteiger partial charge is 0.476 e. The molecule has 17 rings (SSSR count). The van der Waals surface area contributed by atoms with Gasteiger partial charge in [-0.25, -0.2) is 49.3 Å². The number of benzene rings is 4. The quantitative estimate of drug-likeness (QED) is 0.0144. The number of aromatic carboxylic acids is 1. The lowest BCUT2D eigenvalue weighted by Crippen LogP contribution is -2.36. The highest BCUT2D eigenvalue weighted by atomic mass is 79.9. The van der Waals surface area contributed by atoms with Crippen molar-refractivity contribution in [1.82, 2.24) is 48.1 Å². The van der Waals surface area contributed by atoms with Gasteiger partial charge in [0.25, 0.3) is 0 Å². The van der Waals surface area contributed by atoms with Crippen LogP contribution in [0, 0.1) is 0 Å². The first-order valence-electron chi connectivity index (χ1n) is 38.9. The molecule has 0 amide bonds. The van der Waals surface area contributed by atoms with Crippen LogP contribution in [0.3, 0.4) is 0 Å². The molecule has 0 aliphatic carbocycles. The number of nitrogens with two attached hydrogens (primary N) is 3. The van der Waals surface area contributed by atoms with Crippen LogP contribution in [0.1, 0.15) is 62.6 Å². The third-order valence-electron chi connectivity index (χ3n) is 18.7. The third-order valence-corrected chi connectivity index (χ3v) is 20.1. The Labute approximate surface area is 714 Å². The number of fused-ring (bicyclic) bond motifs is 3. The minimum atomic E-state index is -1.03. The Bertz CT molecular complexity index is 5720. The number of pyridine rings is 7. The van der Waals surface area contributed by atoms with Gasteiger partial charge in [0.2, 0.25) is 0 Å². The van der Waals surface area contributed by atoms with Crippen LogP contribution in [0.15, 0.2) is 254 Å². The molecule has 4 aromatic carbocycles. The van der Waals surface area contributed by atoms with Gasteiger partial charge in [-0.2, -0.15) is 0 Å². The summed E-state index contributed by atoms with van der Waals surface area (Å²) in [6, 6.07) is 63.6. The zero-order valence-corrected chi connectivity index (χ0v) is 69.8. The monoisotopic (exact) mass is 1760 g/mol. The molecule has 3 saturated heterocycles. The Morgan fingerprint density at radius 1 is 0.446 bits per heavy atom. The van der Waals surface area contributed by atoms with Crippen molar-refractivity contribution in [2.24, 2.45) is 0 Å². The summed E-state index contributed by atoms with van der Waals surface area (Å²) in [5, 5.41) is 16.6. The Kier molecular flexibility index (Phi) is 30.9. The van der Waals surface area contributed by atoms with E-state index in [0.29, 0.717) is 100 Å². The predicted octanol–water partition coefficient (Wildman–Crippen LogP) is 14.7. The highest BCUT2D eigenvalue weighted by Gasteiger charge is 2.28. The van der Waals surface area contributed by atoms with Gasteiger partial charge in [-0.3, -0.25) is 22.8 Å². The van der Waals surface area contributed by atoms with Gasteiger partial charge in [-0.15, -0.1) is 0 Å². The highest BCUT2D eigenvalue weighted by molar-refractivity contribution is 9.10. The highest BCUT2D eigenvalue weighted by Crippen LogP contribution is 2.34. The van der Waals surface area contributed by atoms with E-state index in [-0.39, 0.29) is 18.1 Å². The number of carboxylic acid groups (broad SMARTS) is 1. The second kappa shape index (κ2) is 43.2. The first-order chi connectivity index (χ1) is 59.0. The van der Waals surface area contributed by atoms with E-state index < -0.39 is 28.7 Å². The molecule has 3 aliphatic rings. The summed E-state index contributed by atoms with van der Waals surface area (Å²) in [4.78, 5) is 97.1. The maximum atomic E-state index is 12.8. The Hall–Kier alpha value is -13.7. The normalized spacial score (nSPS) is 13.1. The summed E-state index contributed by atoms with van der Waals surface area (Å²) < 4.78 is 37.2. The zero-order chi connectivity index (χ0) is 85.0. The number of aromatic nitrogens is 10. The summed E-state index contributed by atoms with van der Waals surface area (Å²) in [6.45, 7) is 15.7. The fourth-order valence-corrected chi connectivity index (χ4v) is 13.5. The second-order valence-corrected chi connectivity index (χ2v) is 28.5. The number of carboxylic acids is 1. The summed E-state index contributed by atoms with van der Waals surface area (Å²) in [5.74, 6) is 0.684. The lowest BCUT2D eigenvalue weighted by atomic mass is 10.1. The smallest absolute Gasteiger partial charge is 0.357 e. The van der Waals surface area contributed by atoms with Crippen LogP contribution >= 0.6 is 31.9 Å². The molecule has 1 atom stereocenters. The molecular weight excluding hydrogens is 1670 g/mol. The van der Waals surface area contributed by atoms with Crippen LogP contribution in [0.5, 0.6) is 0 Å². The average molecular weight is 1760 g/mol. The Morgan fingerprint density at radius 2 is 0.835 bits per heavy atom. The van der Waals surface area contributed by atoms with Crippen LogP contribution < -0.4 is 42.5 Å². The van der Waals surface area contributed by atoms with Gasteiger partial charge in [0.15, 0.2) is 44.6 Å². The summed E-state index contributed by atoms with van der Waals surface area (Å²) in [7, 11) is 0. The van der Waals surface area contributed by atoms with Crippen molar-refractivity contribution in [3.63, 3.8) is 0 Å². The van der Waals surface area contributed by atoms with E-state index in [2.05, 4.69) is 87.1 Å². The number of Topliss-reactive ketones (excluding diaryl/α,β-unsaturated/α-hetero) is 1. The fourth-order valence-electron chi connectivity index (χ4n) is 12.8. The molecule has 0 saturated carbocycles. The Balaban J connectivity index is 0.000000140. The second-order valence-electron chi connectivity index (χ2n) is 26.7. The van der Waals surface area contributed by atoms with E-state index in [4.69, 9.17) is 50.6 Å². The number of hydrogen-bond acceptors (Lipinski definition) is 26. The molecule has 9 N–H and O–H groups in total. The molecule has 0 radical (unpaired) electrons. The van der Waals surface area contributed by atoms with Crippen molar-refractivity contribution in [2.45, 2.75) is 25.6 Å². The van der Waals surface area contributed by atoms with Gasteiger partial charge < -0.3 is 76.1 Å². The van der Waals surface area contributed by atoms with Gasteiger partial charge >= 0.3 is 23.9 Å². The van der Waals surface area contributed by atoms with E-state index in [1.165, 1.54) is 0 Å². The van der Waals surface area contributed by atoms with E-state index >= 15 is 0 Å². The lowest BCUT2D eigenvalue weighted by Gasteiger charge is -2.27. The molecule has 622 valence electrons. The third kappa shape index (κ3) is 22.6. The van der Waals surface area contributed by atoms with Crippen molar-refractivity contribution in [3.8, 4) is 33.8 Å². The summed E-state index contributed by atoms with van der Waals surface area (Å²) >= 11 is 6.23. The first-order valence-corrected chi connectivity index (χ1v) is 40.7. The Morgan fingerprint density at radius 3 is 1.21 bits per heavy atom. The standard InChI is InChI=1S/C25H25N5O3.C23H21N5O3.C16H15N3O2.C11H11BrO3.C9H13N3O.C5H5BrN2/c1-2-33-25(31)23-22(18-7-4-3-5-8-18)28-24-20(9-6-12-30(23)24)27-19-10-11-21(26-17-19)29-13-15-32-16-14-29;29-23(30)21-20(16-5-2-1-3-6-16)26-22-18(7-4-10-28(21)22)25-17-8-9-19(24-15-17)27-11-13-31-14-12-27;1-2-21-16(20)14-13(11-7-4-3-5-8-11)18-15-12(17)9-6-10-19(14)15;1-2-15-11(14)9(12)10(13)8-6-4-3-5-7-8;10-8-1-2-9(11-7-8)12-3-5-13-6-4-12;6-4-2-1-3-8-5(4)7/h3-12,17,27H,2,13-16H2,1H3;1-10,15,25H,11-14H2,(H,29,30);3-10H,2,17H2,1H3;3-7,9H,2H2,1H3;1-2,7H,3-6,10H2;1-3H,(H2,7,8). The number of ketones is 1. The number of anilines is 10. The molecule has 32 heteroatoms. The molecule has 3 aliphatic heterocycles. The van der Waals surface area contributed by atoms with Crippen molar-refractivity contribution in [1.29, 1.82) is 0 Å². The number of halogens is 2. The number of nitrogens with one attached hydrogen (secondary N) is 2. The first kappa shape index (κ1) is 86.7. The molecule has 1 unspecified atom stereocenters. The average Bonchev–Trinajstić information content (AvgIpc) is 1.65.